The molecule has 6 heteroatoms. The number of amides is 1. The van der Waals surface area contributed by atoms with E-state index < -0.39 is 0 Å². The number of nitrogens with one attached hydrogen (secondary N) is 1. The van der Waals surface area contributed by atoms with E-state index in [-0.39, 0.29) is 24.2 Å². The highest BCUT2D eigenvalue weighted by Crippen LogP contribution is 2.40. The summed E-state index contributed by atoms with van der Waals surface area (Å²) in [4.78, 5) is 29.4. The third kappa shape index (κ3) is 3.80. The maximum Gasteiger partial charge on any atom is 0.262 e. The number of nitrogens with zero attached hydrogens (tertiary/aromatic N) is 1. The molecule has 29 heavy (non-hydrogen) atoms. The van der Waals surface area contributed by atoms with Crippen LogP contribution in [-0.4, -0.2) is 23.3 Å². The van der Waals surface area contributed by atoms with E-state index in [1.165, 1.54) is 11.3 Å². The second kappa shape index (κ2) is 7.79. The summed E-state index contributed by atoms with van der Waals surface area (Å²) in [5.41, 5.74) is 4.54. The van der Waals surface area contributed by atoms with Gasteiger partial charge in [-0.3, -0.25) is 9.59 Å². The number of fused-ring (bicyclic) bond motifs is 1. The molecule has 5 nitrogen and oxygen atoms in total. The van der Waals surface area contributed by atoms with Gasteiger partial charge in [-0.25, -0.2) is 4.98 Å². The number of rotatable bonds is 5. The van der Waals surface area contributed by atoms with Crippen molar-refractivity contribution in [1.82, 2.24) is 4.98 Å². The molecule has 1 aliphatic rings. The molecular weight excluding hydrogens is 384 g/mol. The third-order valence-electron chi connectivity index (χ3n) is 5.12. The summed E-state index contributed by atoms with van der Waals surface area (Å²) in [6, 6.07) is 13.6. The minimum Gasteiger partial charge on any atom is -0.483 e. The van der Waals surface area contributed by atoms with Crippen LogP contribution < -0.4 is 10.1 Å². The van der Waals surface area contributed by atoms with Crippen molar-refractivity contribution in [3.8, 4) is 16.3 Å². The molecule has 1 atom stereocenters. The van der Waals surface area contributed by atoms with Gasteiger partial charge in [0.25, 0.3) is 5.91 Å². The van der Waals surface area contributed by atoms with Crippen molar-refractivity contribution in [2.75, 3.05) is 11.9 Å². The average Bonchev–Trinajstić information content (AvgIpc) is 3.22. The number of aryl methyl sites for hydroxylation is 2. The van der Waals surface area contributed by atoms with Crippen molar-refractivity contribution < 1.29 is 14.3 Å². The summed E-state index contributed by atoms with van der Waals surface area (Å²) in [5.74, 6) is 0.480. The van der Waals surface area contributed by atoms with E-state index in [1.807, 2.05) is 57.2 Å². The van der Waals surface area contributed by atoms with Crippen LogP contribution in [0.5, 0.6) is 5.75 Å². The van der Waals surface area contributed by atoms with Crippen molar-refractivity contribution in [2.45, 2.75) is 33.1 Å². The van der Waals surface area contributed by atoms with Crippen LogP contribution >= 0.6 is 11.3 Å². The van der Waals surface area contributed by atoms with E-state index in [4.69, 9.17) is 4.74 Å². The first-order valence-corrected chi connectivity index (χ1v) is 10.4. The largest absolute Gasteiger partial charge is 0.483 e. The van der Waals surface area contributed by atoms with Crippen LogP contribution in [0.15, 0.2) is 42.5 Å². The number of carbonyl (C=O) groups excluding carboxylic acids is 2. The Morgan fingerprint density at radius 1 is 1.21 bits per heavy atom. The Labute approximate surface area is 173 Å². The molecule has 0 saturated heterocycles. The standard InChI is InChI=1S/C23H22N2O3S/c1-13-9-10-18(21-17(26)11-14(2)20(13)21)28-12-19(27)25-22-15(3)24-23(29-22)16-7-5-4-6-8-16/h4-10,14H,11-12H2,1-3H3,(H,25,27). The molecule has 0 spiro atoms. The molecule has 2 aromatic carbocycles. The highest BCUT2D eigenvalue weighted by Gasteiger charge is 2.31. The van der Waals surface area contributed by atoms with Crippen molar-refractivity contribution in [3.05, 3.63) is 64.8 Å². The molecule has 1 aromatic heterocycles. The number of carbonyl (C=O) groups is 2. The molecule has 1 aliphatic carbocycles. The lowest BCUT2D eigenvalue weighted by atomic mass is 9.97. The molecule has 4 rings (SSSR count). The second-order valence-electron chi connectivity index (χ2n) is 7.33. The van der Waals surface area contributed by atoms with Crippen LogP contribution in [0.1, 0.15) is 46.4 Å². The molecule has 1 unspecified atom stereocenters. The van der Waals surface area contributed by atoms with Gasteiger partial charge in [0.15, 0.2) is 12.4 Å². The summed E-state index contributed by atoms with van der Waals surface area (Å²) < 4.78 is 5.74. The van der Waals surface area contributed by atoms with Crippen LogP contribution in [0, 0.1) is 13.8 Å². The number of hydrogen-bond donors (Lipinski definition) is 1. The Hall–Kier alpha value is -2.99. The van der Waals surface area contributed by atoms with E-state index in [0.717, 1.165) is 27.4 Å². The fourth-order valence-corrected chi connectivity index (χ4v) is 4.74. The van der Waals surface area contributed by atoms with Crippen molar-refractivity contribution in [3.63, 3.8) is 0 Å². The number of hydrogen-bond acceptors (Lipinski definition) is 5. The Kier molecular flexibility index (Phi) is 5.20. The van der Waals surface area contributed by atoms with Crippen LogP contribution in [0.2, 0.25) is 0 Å². The van der Waals surface area contributed by atoms with Gasteiger partial charge >= 0.3 is 0 Å². The Bertz CT molecular complexity index is 1090. The van der Waals surface area contributed by atoms with E-state index in [1.54, 1.807) is 6.07 Å². The number of thiazole rings is 1. The van der Waals surface area contributed by atoms with E-state index in [2.05, 4.69) is 10.3 Å². The number of anilines is 1. The molecular formula is C23H22N2O3S. The smallest absolute Gasteiger partial charge is 0.262 e. The maximum absolute atomic E-state index is 12.5. The van der Waals surface area contributed by atoms with Crippen molar-refractivity contribution in [1.29, 1.82) is 0 Å². The number of benzene rings is 2. The van der Waals surface area contributed by atoms with Crippen molar-refractivity contribution in [2.24, 2.45) is 0 Å². The minimum absolute atomic E-state index is 0.0809. The fraction of sp³-hybridized carbons (Fsp3) is 0.261. The summed E-state index contributed by atoms with van der Waals surface area (Å²) in [7, 11) is 0. The first-order chi connectivity index (χ1) is 13.9. The molecule has 0 bridgehead atoms. The van der Waals surface area contributed by atoms with Crippen LogP contribution in [0.3, 0.4) is 0 Å². The predicted molar refractivity (Wildman–Crippen MR) is 115 cm³/mol. The zero-order chi connectivity index (χ0) is 20.5. The zero-order valence-corrected chi connectivity index (χ0v) is 17.4. The van der Waals surface area contributed by atoms with Gasteiger partial charge in [-0.1, -0.05) is 54.7 Å². The normalized spacial score (nSPS) is 15.3. The first-order valence-electron chi connectivity index (χ1n) is 9.56. The highest BCUT2D eigenvalue weighted by atomic mass is 32.1. The molecule has 0 saturated carbocycles. The van der Waals surface area contributed by atoms with Gasteiger partial charge in [-0.2, -0.15) is 0 Å². The summed E-state index contributed by atoms with van der Waals surface area (Å²) in [6.45, 7) is 5.76. The molecule has 3 aromatic rings. The van der Waals surface area contributed by atoms with Crippen molar-refractivity contribution >= 4 is 28.0 Å². The van der Waals surface area contributed by atoms with E-state index >= 15 is 0 Å². The van der Waals surface area contributed by atoms with Crippen LogP contribution in [-0.2, 0) is 4.79 Å². The quantitative estimate of drug-likeness (QED) is 0.637. The molecule has 0 aliphatic heterocycles. The molecule has 148 valence electrons. The van der Waals surface area contributed by atoms with Crippen LogP contribution in [0.4, 0.5) is 5.00 Å². The predicted octanol–water partition coefficient (Wildman–Crippen LogP) is 5.13. The van der Waals surface area contributed by atoms with Gasteiger partial charge in [-0.05, 0) is 37.0 Å². The van der Waals surface area contributed by atoms with Gasteiger partial charge in [0.1, 0.15) is 15.8 Å². The van der Waals surface area contributed by atoms with Gasteiger partial charge in [0.2, 0.25) is 0 Å². The van der Waals surface area contributed by atoms with Gasteiger partial charge in [-0.15, -0.1) is 0 Å². The van der Waals surface area contributed by atoms with Crippen LogP contribution in [0.25, 0.3) is 10.6 Å². The molecule has 1 heterocycles. The van der Waals surface area contributed by atoms with Gasteiger partial charge < -0.3 is 10.1 Å². The zero-order valence-electron chi connectivity index (χ0n) is 16.6. The SMILES string of the molecule is Cc1ccc(OCC(=O)Nc2sc(-c3ccccc3)nc2C)c2c1C(C)CC2=O. The summed E-state index contributed by atoms with van der Waals surface area (Å²) in [5, 5.41) is 4.44. The lowest BCUT2D eigenvalue weighted by Gasteiger charge is -2.13. The Morgan fingerprint density at radius 3 is 2.72 bits per heavy atom. The number of aromatic nitrogens is 1. The number of ketones is 1. The number of ether oxygens (including phenoxy) is 1. The topological polar surface area (TPSA) is 68.3 Å². The molecule has 0 radical (unpaired) electrons. The average molecular weight is 407 g/mol. The maximum atomic E-state index is 12.5. The molecule has 0 fully saturated rings. The highest BCUT2D eigenvalue weighted by molar-refractivity contribution is 7.19. The van der Waals surface area contributed by atoms with E-state index in [0.29, 0.717) is 22.7 Å². The summed E-state index contributed by atoms with van der Waals surface area (Å²) in [6.07, 6.45) is 0.491. The molecule has 1 amide bonds. The Morgan fingerprint density at radius 2 is 1.97 bits per heavy atom. The Balaban J connectivity index is 1.46. The fourth-order valence-electron chi connectivity index (χ4n) is 3.75. The van der Waals surface area contributed by atoms with E-state index in [9.17, 15) is 9.59 Å². The van der Waals surface area contributed by atoms with Gasteiger partial charge in [0, 0.05) is 12.0 Å². The first kappa shape index (κ1) is 19.3. The summed E-state index contributed by atoms with van der Waals surface area (Å²) >= 11 is 1.43. The lowest BCUT2D eigenvalue weighted by molar-refractivity contribution is -0.118. The minimum atomic E-state index is -0.274. The lowest BCUT2D eigenvalue weighted by Crippen LogP contribution is -2.20. The second-order valence-corrected chi connectivity index (χ2v) is 8.33. The molecule has 1 N–H and O–H groups in total. The third-order valence-corrected chi connectivity index (χ3v) is 6.24. The van der Waals surface area contributed by atoms with Gasteiger partial charge in [0.05, 0.1) is 11.3 Å². The number of Topliss-reactive ketones (excluding diaryl/α,β-unsaturated/α-hetero) is 1. The monoisotopic (exact) mass is 406 g/mol.